The molecular weight excluding hydrogens is 316 g/mol. The lowest BCUT2D eigenvalue weighted by molar-refractivity contribution is -0.0381. The van der Waals surface area contributed by atoms with Crippen molar-refractivity contribution >= 4 is 17.5 Å². The Hall–Kier alpha value is -1.89. The fourth-order valence-corrected chi connectivity index (χ4v) is 2.80. The van der Waals surface area contributed by atoms with Crippen LogP contribution in [-0.4, -0.2) is 53.9 Å². The third-order valence-corrected chi connectivity index (χ3v) is 4.18. The number of morpholine rings is 1. The minimum absolute atomic E-state index is 0.123. The zero-order valence-electron chi connectivity index (χ0n) is 12.8. The van der Waals surface area contributed by atoms with Gasteiger partial charge in [0.25, 0.3) is 5.91 Å². The normalized spacial score (nSPS) is 20.2. The van der Waals surface area contributed by atoms with Crippen molar-refractivity contribution in [3.8, 4) is 0 Å². The number of ether oxygens (including phenoxy) is 1. The summed E-state index contributed by atoms with van der Waals surface area (Å²) in [5, 5.41) is 10.2. The maximum Gasteiger partial charge on any atom is 0.269 e. The molecule has 1 aromatic carbocycles. The topological polar surface area (TPSA) is 70.2 Å². The van der Waals surface area contributed by atoms with Crippen molar-refractivity contribution < 1.29 is 9.53 Å². The highest BCUT2D eigenvalue weighted by atomic mass is 35.5. The molecule has 6 nitrogen and oxygen atoms in total. The maximum absolute atomic E-state index is 12.4. The van der Waals surface area contributed by atoms with Gasteiger partial charge in [-0.15, -0.1) is 0 Å². The van der Waals surface area contributed by atoms with Crippen LogP contribution in [0.2, 0.25) is 5.02 Å². The number of likely N-dealkylation sites (N-methyl/N-ethyl adjacent to an activating group) is 1. The molecule has 2 heterocycles. The van der Waals surface area contributed by atoms with Crippen LogP contribution in [0.1, 0.15) is 22.1 Å². The van der Waals surface area contributed by atoms with Crippen LogP contribution in [0.4, 0.5) is 0 Å². The molecule has 23 heavy (non-hydrogen) atoms. The quantitative estimate of drug-likeness (QED) is 0.895. The van der Waals surface area contributed by atoms with Crippen molar-refractivity contribution in [2.24, 2.45) is 0 Å². The number of amides is 1. The van der Waals surface area contributed by atoms with Crippen molar-refractivity contribution in [1.82, 2.24) is 20.4 Å². The van der Waals surface area contributed by atoms with Crippen molar-refractivity contribution in [1.29, 1.82) is 0 Å². The summed E-state index contributed by atoms with van der Waals surface area (Å²) in [6.45, 7) is 2.28. The van der Waals surface area contributed by atoms with E-state index in [1.165, 1.54) is 0 Å². The molecule has 1 fully saturated rings. The van der Waals surface area contributed by atoms with Gasteiger partial charge in [-0.3, -0.25) is 9.89 Å². The predicted octanol–water partition coefficient (Wildman–Crippen LogP) is 1.86. The Morgan fingerprint density at radius 1 is 1.43 bits per heavy atom. The SMILES string of the molecule is CN1CCO[C@@H]([C@H](NC(=O)c2ccn[nH]2)c2ccc(Cl)cc2)C1. The van der Waals surface area contributed by atoms with E-state index < -0.39 is 0 Å². The predicted molar refractivity (Wildman–Crippen MR) is 87.5 cm³/mol. The second-order valence-corrected chi connectivity index (χ2v) is 6.08. The summed E-state index contributed by atoms with van der Waals surface area (Å²) >= 11 is 5.97. The van der Waals surface area contributed by atoms with E-state index >= 15 is 0 Å². The molecule has 2 N–H and O–H groups in total. The van der Waals surface area contributed by atoms with Gasteiger partial charge in [0.2, 0.25) is 0 Å². The van der Waals surface area contributed by atoms with Gasteiger partial charge < -0.3 is 15.0 Å². The molecule has 0 radical (unpaired) electrons. The molecule has 1 aliphatic heterocycles. The van der Waals surface area contributed by atoms with Crippen molar-refractivity contribution in [2.75, 3.05) is 26.7 Å². The number of hydrogen-bond acceptors (Lipinski definition) is 4. The van der Waals surface area contributed by atoms with Gasteiger partial charge >= 0.3 is 0 Å². The number of aromatic nitrogens is 2. The second kappa shape index (κ2) is 7.12. The van der Waals surface area contributed by atoms with Gasteiger partial charge in [-0.1, -0.05) is 23.7 Å². The summed E-state index contributed by atoms with van der Waals surface area (Å²) in [5.74, 6) is -0.209. The number of halogens is 1. The lowest BCUT2D eigenvalue weighted by atomic mass is 9.99. The Kier molecular flexibility index (Phi) is 4.95. The number of nitrogens with zero attached hydrogens (tertiary/aromatic N) is 2. The first-order valence-corrected chi connectivity index (χ1v) is 7.87. The van der Waals surface area contributed by atoms with E-state index in [0.29, 0.717) is 17.3 Å². The number of aromatic amines is 1. The highest BCUT2D eigenvalue weighted by Gasteiger charge is 2.30. The Bertz CT molecular complexity index is 645. The molecule has 1 aromatic heterocycles. The molecule has 1 saturated heterocycles. The van der Waals surface area contributed by atoms with E-state index in [0.717, 1.165) is 18.7 Å². The molecule has 0 aliphatic carbocycles. The van der Waals surface area contributed by atoms with Crippen molar-refractivity contribution in [2.45, 2.75) is 12.1 Å². The van der Waals surface area contributed by atoms with Crippen LogP contribution in [0.5, 0.6) is 0 Å². The molecule has 2 atom stereocenters. The molecule has 3 rings (SSSR count). The van der Waals surface area contributed by atoms with E-state index in [4.69, 9.17) is 16.3 Å². The summed E-state index contributed by atoms with van der Waals surface area (Å²) in [6, 6.07) is 8.85. The van der Waals surface area contributed by atoms with E-state index in [9.17, 15) is 4.79 Å². The van der Waals surface area contributed by atoms with Gasteiger partial charge in [-0.2, -0.15) is 5.10 Å². The van der Waals surface area contributed by atoms with E-state index in [-0.39, 0.29) is 18.1 Å². The first-order valence-electron chi connectivity index (χ1n) is 7.49. The zero-order chi connectivity index (χ0) is 16.2. The van der Waals surface area contributed by atoms with Gasteiger partial charge in [-0.25, -0.2) is 0 Å². The first-order chi connectivity index (χ1) is 11.1. The number of rotatable bonds is 4. The second-order valence-electron chi connectivity index (χ2n) is 5.64. The van der Waals surface area contributed by atoms with Gasteiger partial charge in [0.15, 0.2) is 0 Å². The highest BCUT2D eigenvalue weighted by Crippen LogP contribution is 2.24. The molecule has 0 spiro atoms. The molecule has 7 heteroatoms. The summed E-state index contributed by atoms with van der Waals surface area (Å²) in [6.07, 6.45) is 1.43. The third kappa shape index (κ3) is 3.90. The minimum Gasteiger partial charge on any atom is -0.373 e. The van der Waals surface area contributed by atoms with Crippen LogP contribution < -0.4 is 5.32 Å². The summed E-state index contributed by atoms with van der Waals surface area (Å²) < 4.78 is 5.90. The molecule has 122 valence electrons. The van der Waals surface area contributed by atoms with Gasteiger partial charge in [-0.05, 0) is 30.8 Å². The minimum atomic E-state index is -0.259. The third-order valence-electron chi connectivity index (χ3n) is 3.93. The Morgan fingerprint density at radius 3 is 2.87 bits per heavy atom. The standard InChI is InChI=1S/C16H19ClN4O2/c1-21-8-9-23-14(10-21)15(11-2-4-12(17)5-3-11)19-16(22)13-6-7-18-20-13/h2-7,14-15H,8-10H2,1H3,(H,18,20)(H,19,22)/t14-,15-/m1/s1. The smallest absolute Gasteiger partial charge is 0.269 e. The summed E-state index contributed by atoms with van der Waals surface area (Å²) in [7, 11) is 2.05. The van der Waals surface area contributed by atoms with Crippen molar-refractivity contribution in [3.05, 3.63) is 52.8 Å². The first kappa shape index (κ1) is 16.0. The van der Waals surface area contributed by atoms with Gasteiger partial charge in [0.1, 0.15) is 5.69 Å². The monoisotopic (exact) mass is 334 g/mol. The van der Waals surface area contributed by atoms with E-state index in [1.54, 1.807) is 12.3 Å². The number of benzene rings is 1. The number of H-pyrrole nitrogens is 1. The summed E-state index contributed by atoms with van der Waals surface area (Å²) in [5.41, 5.74) is 1.38. The maximum atomic E-state index is 12.4. The van der Waals surface area contributed by atoms with Crippen LogP contribution in [0.3, 0.4) is 0 Å². The Morgan fingerprint density at radius 2 is 2.22 bits per heavy atom. The number of carbonyl (C=O) groups is 1. The highest BCUT2D eigenvalue weighted by molar-refractivity contribution is 6.30. The number of nitrogens with one attached hydrogen (secondary N) is 2. The largest absolute Gasteiger partial charge is 0.373 e. The average molecular weight is 335 g/mol. The molecular formula is C16H19ClN4O2. The van der Waals surface area contributed by atoms with Crippen LogP contribution >= 0.6 is 11.6 Å². The lowest BCUT2D eigenvalue weighted by Gasteiger charge is -2.35. The number of hydrogen-bond donors (Lipinski definition) is 2. The fraction of sp³-hybridized carbons (Fsp3) is 0.375. The Labute approximate surface area is 139 Å². The molecule has 2 aromatic rings. The van der Waals surface area contributed by atoms with E-state index in [2.05, 4.69) is 20.4 Å². The van der Waals surface area contributed by atoms with Crippen LogP contribution in [0.25, 0.3) is 0 Å². The average Bonchev–Trinajstić information content (AvgIpc) is 3.08. The van der Waals surface area contributed by atoms with Gasteiger partial charge in [0.05, 0.1) is 18.8 Å². The van der Waals surface area contributed by atoms with Gasteiger partial charge in [0, 0.05) is 24.3 Å². The lowest BCUT2D eigenvalue weighted by Crippen LogP contribution is -2.48. The Balaban J connectivity index is 1.83. The number of carbonyl (C=O) groups excluding carboxylic acids is 1. The van der Waals surface area contributed by atoms with Crippen LogP contribution in [0.15, 0.2) is 36.5 Å². The molecule has 1 aliphatic rings. The fourth-order valence-electron chi connectivity index (χ4n) is 2.68. The zero-order valence-corrected chi connectivity index (χ0v) is 13.6. The van der Waals surface area contributed by atoms with Crippen molar-refractivity contribution in [3.63, 3.8) is 0 Å². The van der Waals surface area contributed by atoms with Crippen LogP contribution in [0, 0.1) is 0 Å². The van der Waals surface area contributed by atoms with Crippen LogP contribution in [-0.2, 0) is 4.74 Å². The molecule has 0 saturated carbocycles. The van der Waals surface area contributed by atoms with E-state index in [1.807, 2.05) is 31.3 Å². The molecule has 0 unspecified atom stereocenters. The summed E-state index contributed by atoms with van der Waals surface area (Å²) in [4.78, 5) is 14.6. The molecule has 0 bridgehead atoms. The molecule has 1 amide bonds.